The largest absolute Gasteiger partial charge is 0.390 e. The van der Waals surface area contributed by atoms with Crippen molar-refractivity contribution in [2.45, 2.75) is 52.1 Å². The third kappa shape index (κ3) is 3.65. The quantitative estimate of drug-likeness (QED) is 0.543. The molecule has 0 saturated heterocycles. The Labute approximate surface area is 197 Å². The minimum atomic E-state index is -4.26. The zero-order valence-electron chi connectivity index (χ0n) is 19.6. The van der Waals surface area contributed by atoms with E-state index in [1.54, 1.807) is 12.1 Å². The zero-order valence-corrected chi connectivity index (χ0v) is 19.6. The van der Waals surface area contributed by atoms with Gasteiger partial charge in [-0.2, -0.15) is 13.2 Å². The van der Waals surface area contributed by atoms with Crippen molar-refractivity contribution in [2.24, 2.45) is 23.2 Å². The maximum Gasteiger partial charge on any atom is 0.390 e. The molecule has 1 amide bonds. The van der Waals surface area contributed by atoms with Crippen LogP contribution >= 0.6 is 0 Å². The molecule has 0 radical (unpaired) electrons. The smallest absolute Gasteiger partial charge is 0.342 e. The third-order valence-corrected chi connectivity index (χ3v) is 8.48. The van der Waals surface area contributed by atoms with Crippen LogP contribution in [-0.4, -0.2) is 36.6 Å². The van der Waals surface area contributed by atoms with Gasteiger partial charge in [-0.05, 0) is 73.4 Å². The minimum Gasteiger partial charge on any atom is -0.342 e. The summed E-state index contributed by atoms with van der Waals surface area (Å²) in [6.07, 6.45) is 0.339. The van der Waals surface area contributed by atoms with Gasteiger partial charge in [0.15, 0.2) is 0 Å². The van der Waals surface area contributed by atoms with Crippen molar-refractivity contribution >= 4 is 11.6 Å². The number of allylic oxidation sites excluding steroid dienone is 2. The number of hydrazine groups is 1. The second kappa shape index (κ2) is 8.40. The number of nitrogens with zero attached hydrogens (tertiary/aromatic N) is 2. The second-order valence-electron chi connectivity index (χ2n) is 10.2. The van der Waals surface area contributed by atoms with Crippen LogP contribution in [0, 0.1) is 29.0 Å². The molecule has 1 spiro atoms. The number of halogens is 4. The predicted octanol–water partition coefficient (Wildman–Crippen LogP) is 5.59. The standard InChI is InChI=1S/C26H31F4N3O/c1-3-11-32(12-10-26(28,29)30)24(34)23-16(2)25-14-17-15-31-33(20-7-5-19(27)6-8-20)22(17)13-18(25)4-9-21(23)25/h5-8,13,16,21,23,31H,3-4,9-12,14-15H2,1-2H3/t16?,21-,23?,25-/m1/s1. The van der Waals surface area contributed by atoms with Crippen LogP contribution in [0.1, 0.15) is 46.0 Å². The molecule has 0 bridgehead atoms. The van der Waals surface area contributed by atoms with E-state index < -0.39 is 12.6 Å². The Balaban J connectivity index is 1.35. The first-order valence-electron chi connectivity index (χ1n) is 12.2. The number of amides is 1. The average molecular weight is 478 g/mol. The van der Waals surface area contributed by atoms with Crippen molar-refractivity contribution in [2.75, 3.05) is 24.6 Å². The van der Waals surface area contributed by atoms with E-state index >= 15 is 0 Å². The molecule has 2 fully saturated rings. The van der Waals surface area contributed by atoms with Gasteiger partial charge in [0.2, 0.25) is 5.91 Å². The van der Waals surface area contributed by atoms with E-state index in [-0.39, 0.29) is 41.4 Å². The molecule has 34 heavy (non-hydrogen) atoms. The molecule has 1 N–H and O–H groups in total. The number of carbonyl (C=O) groups excluding carboxylic acids is 1. The third-order valence-electron chi connectivity index (χ3n) is 8.48. The van der Waals surface area contributed by atoms with E-state index in [0.29, 0.717) is 19.5 Å². The Bertz CT molecular complexity index is 1030. The molecule has 5 rings (SSSR count). The van der Waals surface area contributed by atoms with Crippen molar-refractivity contribution < 1.29 is 22.4 Å². The van der Waals surface area contributed by atoms with Gasteiger partial charge in [0.25, 0.3) is 0 Å². The Kier molecular flexibility index (Phi) is 5.78. The number of nitrogens with one attached hydrogen (secondary N) is 1. The molecule has 4 nitrogen and oxygen atoms in total. The molecule has 1 aliphatic heterocycles. The van der Waals surface area contributed by atoms with E-state index in [0.717, 1.165) is 30.6 Å². The van der Waals surface area contributed by atoms with E-state index in [2.05, 4.69) is 18.4 Å². The molecular formula is C26H31F4N3O. The number of benzene rings is 1. The fourth-order valence-corrected chi connectivity index (χ4v) is 6.96. The van der Waals surface area contributed by atoms with Gasteiger partial charge >= 0.3 is 6.18 Å². The maximum absolute atomic E-state index is 13.4. The van der Waals surface area contributed by atoms with Gasteiger partial charge in [-0.15, -0.1) is 0 Å². The number of hydrogen-bond acceptors (Lipinski definition) is 3. The molecule has 2 unspecified atom stereocenters. The molecule has 2 saturated carbocycles. The lowest BCUT2D eigenvalue weighted by atomic mass is 9.44. The molecule has 184 valence electrons. The van der Waals surface area contributed by atoms with Crippen LogP contribution < -0.4 is 10.4 Å². The molecule has 8 heteroatoms. The van der Waals surface area contributed by atoms with Gasteiger partial charge in [0.05, 0.1) is 17.8 Å². The van der Waals surface area contributed by atoms with Crippen molar-refractivity contribution in [3.63, 3.8) is 0 Å². The van der Waals surface area contributed by atoms with Crippen molar-refractivity contribution in [1.82, 2.24) is 10.3 Å². The van der Waals surface area contributed by atoms with E-state index in [9.17, 15) is 22.4 Å². The summed E-state index contributed by atoms with van der Waals surface area (Å²) >= 11 is 0. The fourth-order valence-electron chi connectivity index (χ4n) is 6.96. The van der Waals surface area contributed by atoms with Crippen LogP contribution in [0.4, 0.5) is 23.2 Å². The molecule has 1 aromatic carbocycles. The zero-order chi connectivity index (χ0) is 24.3. The highest BCUT2D eigenvalue weighted by Crippen LogP contribution is 2.71. The Morgan fingerprint density at radius 3 is 2.65 bits per heavy atom. The summed E-state index contributed by atoms with van der Waals surface area (Å²) in [6, 6.07) is 6.40. The van der Waals surface area contributed by atoms with Crippen molar-refractivity contribution in [1.29, 1.82) is 0 Å². The Morgan fingerprint density at radius 1 is 1.24 bits per heavy atom. The summed E-state index contributed by atoms with van der Waals surface area (Å²) in [5, 5.41) is 2.01. The van der Waals surface area contributed by atoms with Gasteiger partial charge < -0.3 is 4.90 Å². The summed E-state index contributed by atoms with van der Waals surface area (Å²) in [5.41, 5.74) is 7.95. The van der Waals surface area contributed by atoms with Gasteiger partial charge in [0, 0.05) is 31.0 Å². The molecule has 1 heterocycles. The topological polar surface area (TPSA) is 35.6 Å². The molecule has 3 aliphatic carbocycles. The van der Waals surface area contributed by atoms with E-state index in [1.165, 1.54) is 28.2 Å². The first-order chi connectivity index (χ1) is 16.2. The van der Waals surface area contributed by atoms with Crippen LogP contribution in [0.2, 0.25) is 0 Å². The number of carbonyl (C=O) groups is 1. The lowest BCUT2D eigenvalue weighted by Crippen LogP contribution is -2.60. The van der Waals surface area contributed by atoms with Gasteiger partial charge in [-0.25, -0.2) is 9.82 Å². The lowest BCUT2D eigenvalue weighted by Gasteiger charge is -2.59. The monoisotopic (exact) mass is 477 g/mol. The Hall–Kier alpha value is -2.35. The second-order valence-corrected chi connectivity index (χ2v) is 10.2. The normalized spacial score (nSPS) is 29.9. The molecular weight excluding hydrogens is 446 g/mol. The first-order valence-corrected chi connectivity index (χ1v) is 12.2. The highest BCUT2D eigenvalue weighted by atomic mass is 19.4. The average Bonchev–Trinajstić information content (AvgIpc) is 3.34. The molecule has 4 aliphatic rings. The highest BCUT2D eigenvalue weighted by molar-refractivity contribution is 5.82. The SMILES string of the molecule is CCCN(CCC(F)(F)F)C(=O)C1C(C)[C@]23CC4=C(C=C2CC[C@H]13)N(c1ccc(F)cc1)NC4. The van der Waals surface area contributed by atoms with Gasteiger partial charge in [0.1, 0.15) is 5.82 Å². The van der Waals surface area contributed by atoms with Crippen molar-refractivity contribution in [3.8, 4) is 0 Å². The summed E-state index contributed by atoms with van der Waals surface area (Å²) in [5.74, 6) is -0.315. The molecule has 4 atom stereocenters. The first kappa shape index (κ1) is 23.4. The van der Waals surface area contributed by atoms with Crippen LogP contribution in [0.15, 0.2) is 47.2 Å². The van der Waals surface area contributed by atoms with Crippen LogP contribution in [0.5, 0.6) is 0 Å². The Morgan fingerprint density at radius 2 is 1.97 bits per heavy atom. The number of alkyl halides is 3. The summed E-state index contributed by atoms with van der Waals surface area (Å²) < 4.78 is 51.9. The summed E-state index contributed by atoms with van der Waals surface area (Å²) in [4.78, 5) is 14.9. The summed E-state index contributed by atoms with van der Waals surface area (Å²) in [6.45, 7) is 4.81. The highest BCUT2D eigenvalue weighted by Gasteiger charge is 2.67. The fraction of sp³-hybridized carbons (Fsp3) is 0.577. The van der Waals surface area contributed by atoms with Crippen LogP contribution in [0.3, 0.4) is 0 Å². The van der Waals surface area contributed by atoms with Gasteiger partial charge in [-0.1, -0.05) is 19.4 Å². The van der Waals surface area contributed by atoms with Crippen LogP contribution in [0.25, 0.3) is 0 Å². The minimum absolute atomic E-state index is 0.0679. The predicted molar refractivity (Wildman–Crippen MR) is 122 cm³/mol. The van der Waals surface area contributed by atoms with E-state index in [4.69, 9.17) is 0 Å². The van der Waals surface area contributed by atoms with Crippen molar-refractivity contribution in [3.05, 3.63) is 53.0 Å². The van der Waals surface area contributed by atoms with E-state index in [1.807, 2.05) is 11.9 Å². The summed E-state index contributed by atoms with van der Waals surface area (Å²) in [7, 11) is 0. The molecule has 1 aromatic rings. The number of rotatable bonds is 6. The van der Waals surface area contributed by atoms with Gasteiger partial charge in [-0.3, -0.25) is 9.80 Å². The molecule has 0 aromatic heterocycles. The van der Waals surface area contributed by atoms with Crippen LogP contribution in [-0.2, 0) is 4.79 Å². The lowest BCUT2D eigenvalue weighted by molar-refractivity contribution is -0.163. The number of anilines is 1. The number of hydrogen-bond donors (Lipinski definition) is 1. The maximum atomic E-state index is 13.4.